The molecular formula is C17H33N5. The van der Waals surface area contributed by atoms with Gasteiger partial charge in [-0.15, -0.1) is 0 Å². The lowest BCUT2D eigenvalue weighted by Gasteiger charge is -2.20. The molecule has 126 valence electrons. The predicted molar refractivity (Wildman–Crippen MR) is 94.2 cm³/mol. The number of guanidine groups is 1. The van der Waals surface area contributed by atoms with E-state index in [0.29, 0.717) is 18.5 Å². The van der Waals surface area contributed by atoms with Crippen molar-refractivity contribution >= 4 is 5.96 Å². The lowest BCUT2D eigenvalue weighted by atomic mass is 10.1. The highest BCUT2D eigenvalue weighted by Gasteiger charge is 2.14. The standard InChI is InChI=1S/C17H33N5/c1-8-15-14(16(9-2)22(7)21-15)11-19-17(18-10-3)20-13(6)12(4)5/h12-13H,8-11H2,1-7H3,(H2,18,19,20). The van der Waals surface area contributed by atoms with Gasteiger partial charge in [0.1, 0.15) is 0 Å². The smallest absolute Gasteiger partial charge is 0.191 e. The molecule has 0 aromatic carbocycles. The normalized spacial score (nSPS) is 13.5. The first kappa shape index (κ1) is 18.5. The molecule has 0 fully saturated rings. The first-order valence-electron chi connectivity index (χ1n) is 8.52. The van der Waals surface area contributed by atoms with Crippen LogP contribution < -0.4 is 10.6 Å². The molecule has 1 unspecified atom stereocenters. The Labute approximate surface area is 135 Å². The van der Waals surface area contributed by atoms with Crippen LogP contribution in [0.5, 0.6) is 0 Å². The van der Waals surface area contributed by atoms with Crippen LogP contribution in [0.2, 0.25) is 0 Å². The summed E-state index contributed by atoms with van der Waals surface area (Å²) in [4.78, 5) is 4.78. The lowest BCUT2D eigenvalue weighted by Crippen LogP contribution is -2.44. The van der Waals surface area contributed by atoms with Gasteiger partial charge in [-0.3, -0.25) is 4.68 Å². The first-order chi connectivity index (χ1) is 10.4. The summed E-state index contributed by atoms with van der Waals surface area (Å²) < 4.78 is 2.00. The van der Waals surface area contributed by atoms with Gasteiger partial charge in [-0.2, -0.15) is 5.10 Å². The zero-order chi connectivity index (χ0) is 16.7. The summed E-state index contributed by atoms with van der Waals surface area (Å²) in [6, 6.07) is 0.392. The molecule has 1 aromatic heterocycles. The number of nitrogens with one attached hydrogen (secondary N) is 2. The molecule has 1 heterocycles. The van der Waals surface area contributed by atoms with Crippen LogP contribution in [0.15, 0.2) is 4.99 Å². The average Bonchev–Trinajstić information content (AvgIpc) is 2.79. The van der Waals surface area contributed by atoms with Gasteiger partial charge >= 0.3 is 0 Å². The van der Waals surface area contributed by atoms with Crippen LogP contribution in [0.4, 0.5) is 0 Å². The van der Waals surface area contributed by atoms with Gasteiger partial charge in [-0.05, 0) is 32.6 Å². The Morgan fingerprint density at radius 2 is 1.86 bits per heavy atom. The van der Waals surface area contributed by atoms with Crippen molar-refractivity contribution in [1.29, 1.82) is 0 Å². The zero-order valence-corrected chi connectivity index (χ0v) is 15.3. The van der Waals surface area contributed by atoms with Crippen molar-refractivity contribution in [2.45, 2.75) is 67.0 Å². The van der Waals surface area contributed by atoms with Crippen molar-refractivity contribution in [3.8, 4) is 0 Å². The van der Waals surface area contributed by atoms with Crippen molar-refractivity contribution < 1.29 is 0 Å². The maximum atomic E-state index is 4.78. The molecular weight excluding hydrogens is 274 g/mol. The van der Waals surface area contributed by atoms with Gasteiger partial charge in [0.25, 0.3) is 0 Å². The summed E-state index contributed by atoms with van der Waals surface area (Å²) in [5, 5.41) is 11.4. The predicted octanol–water partition coefficient (Wildman–Crippen LogP) is 2.64. The van der Waals surface area contributed by atoms with Gasteiger partial charge in [-0.1, -0.05) is 27.7 Å². The van der Waals surface area contributed by atoms with Crippen LogP contribution >= 0.6 is 0 Å². The van der Waals surface area contributed by atoms with E-state index in [2.05, 4.69) is 57.3 Å². The minimum Gasteiger partial charge on any atom is -0.357 e. The molecule has 0 aliphatic heterocycles. The molecule has 1 atom stereocenters. The molecule has 22 heavy (non-hydrogen) atoms. The van der Waals surface area contributed by atoms with Crippen molar-refractivity contribution in [3.05, 3.63) is 17.0 Å². The van der Waals surface area contributed by atoms with Gasteiger partial charge in [0, 0.05) is 30.9 Å². The third-order valence-electron chi connectivity index (χ3n) is 4.13. The Morgan fingerprint density at radius 3 is 2.36 bits per heavy atom. The molecule has 0 saturated carbocycles. The SMILES string of the molecule is CCNC(=NCc1c(CC)nn(C)c1CC)NC(C)C(C)C. The molecule has 0 radical (unpaired) electrons. The highest BCUT2D eigenvalue weighted by atomic mass is 15.3. The molecule has 5 nitrogen and oxygen atoms in total. The molecule has 1 rings (SSSR count). The van der Waals surface area contributed by atoms with E-state index in [0.717, 1.165) is 31.0 Å². The van der Waals surface area contributed by atoms with Gasteiger partial charge in [-0.25, -0.2) is 4.99 Å². The summed E-state index contributed by atoms with van der Waals surface area (Å²) in [7, 11) is 2.02. The summed E-state index contributed by atoms with van der Waals surface area (Å²) >= 11 is 0. The quantitative estimate of drug-likeness (QED) is 0.601. The topological polar surface area (TPSA) is 54.2 Å². The van der Waals surface area contributed by atoms with Crippen molar-refractivity contribution in [3.63, 3.8) is 0 Å². The molecule has 1 aromatic rings. The lowest BCUT2D eigenvalue weighted by molar-refractivity contribution is 0.481. The number of aromatic nitrogens is 2. The van der Waals surface area contributed by atoms with Crippen LogP contribution in [0.25, 0.3) is 0 Å². The second kappa shape index (κ2) is 8.81. The van der Waals surface area contributed by atoms with Gasteiger partial charge in [0.15, 0.2) is 5.96 Å². The Kier molecular flexibility index (Phi) is 7.42. The zero-order valence-electron chi connectivity index (χ0n) is 15.3. The third-order valence-corrected chi connectivity index (χ3v) is 4.13. The van der Waals surface area contributed by atoms with Gasteiger partial charge < -0.3 is 10.6 Å². The maximum absolute atomic E-state index is 4.78. The Balaban J connectivity index is 2.94. The minimum atomic E-state index is 0.392. The number of aryl methyl sites for hydroxylation is 2. The van der Waals surface area contributed by atoms with Crippen LogP contribution in [0.1, 0.15) is 58.5 Å². The van der Waals surface area contributed by atoms with Crippen molar-refractivity contribution in [2.24, 2.45) is 18.0 Å². The first-order valence-corrected chi connectivity index (χ1v) is 8.52. The van der Waals surface area contributed by atoms with E-state index < -0.39 is 0 Å². The summed E-state index contributed by atoms with van der Waals surface area (Å²) in [5.74, 6) is 1.45. The Morgan fingerprint density at radius 1 is 1.18 bits per heavy atom. The average molecular weight is 307 g/mol. The van der Waals surface area contributed by atoms with Gasteiger partial charge in [0.05, 0.1) is 12.2 Å². The fourth-order valence-electron chi connectivity index (χ4n) is 2.43. The summed E-state index contributed by atoms with van der Waals surface area (Å²) in [6.45, 7) is 14.6. The highest BCUT2D eigenvalue weighted by molar-refractivity contribution is 5.80. The van der Waals surface area contributed by atoms with Crippen molar-refractivity contribution in [2.75, 3.05) is 6.54 Å². The van der Waals surface area contributed by atoms with Crippen LogP contribution in [0.3, 0.4) is 0 Å². The summed E-state index contributed by atoms with van der Waals surface area (Å²) in [5.41, 5.74) is 3.73. The van der Waals surface area contributed by atoms with Gasteiger partial charge in [0.2, 0.25) is 0 Å². The Hall–Kier alpha value is -1.52. The Bertz CT molecular complexity index is 487. The molecule has 0 saturated heterocycles. The van der Waals surface area contributed by atoms with E-state index in [9.17, 15) is 0 Å². The number of rotatable bonds is 7. The molecule has 5 heteroatoms. The molecule has 0 aliphatic carbocycles. The van der Waals surface area contributed by atoms with E-state index in [1.54, 1.807) is 0 Å². The number of hydrogen-bond donors (Lipinski definition) is 2. The molecule has 0 aliphatic rings. The fourth-order valence-corrected chi connectivity index (χ4v) is 2.43. The van der Waals surface area contributed by atoms with E-state index in [1.165, 1.54) is 11.3 Å². The summed E-state index contributed by atoms with van der Waals surface area (Å²) in [6.07, 6.45) is 1.94. The molecule has 0 spiro atoms. The molecule has 0 amide bonds. The molecule has 2 N–H and O–H groups in total. The second-order valence-electron chi connectivity index (χ2n) is 6.07. The minimum absolute atomic E-state index is 0.392. The van der Waals surface area contributed by atoms with Crippen LogP contribution in [0, 0.1) is 5.92 Å². The number of hydrogen-bond acceptors (Lipinski definition) is 2. The van der Waals surface area contributed by atoms with E-state index in [4.69, 9.17) is 4.99 Å². The maximum Gasteiger partial charge on any atom is 0.191 e. The number of aliphatic imine (C=N–C) groups is 1. The largest absolute Gasteiger partial charge is 0.357 e. The number of nitrogens with zero attached hydrogens (tertiary/aromatic N) is 3. The molecule has 0 bridgehead atoms. The third kappa shape index (κ3) is 4.75. The van der Waals surface area contributed by atoms with E-state index >= 15 is 0 Å². The van der Waals surface area contributed by atoms with Crippen LogP contribution in [-0.2, 0) is 26.4 Å². The van der Waals surface area contributed by atoms with Crippen molar-refractivity contribution in [1.82, 2.24) is 20.4 Å². The van der Waals surface area contributed by atoms with E-state index in [1.807, 2.05) is 11.7 Å². The van der Waals surface area contributed by atoms with E-state index in [-0.39, 0.29) is 0 Å². The highest BCUT2D eigenvalue weighted by Crippen LogP contribution is 2.16. The fraction of sp³-hybridized carbons (Fsp3) is 0.765. The van der Waals surface area contributed by atoms with Crippen LogP contribution in [-0.4, -0.2) is 28.3 Å². The monoisotopic (exact) mass is 307 g/mol. The second-order valence-corrected chi connectivity index (χ2v) is 6.07.